The lowest BCUT2D eigenvalue weighted by Crippen LogP contribution is -2.70. The lowest BCUT2D eigenvalue weighted by Gasteiger charge is -2.53. The highest BCUT2D eigenvalue weighted by Crippen LogP contribution is 2.47. The second kappa shape index (κ2) is 9.32. The minimum atomic E-state index is -1.06. The third kappa shape index (κ3) is 4.01. The van der Waals surface area contributed by atoms with Gasteiger partial charge in [-0.2, -0.15) is 0 Å². The van der Waals surface area contributed by atoms with Crippen LogP contribution in [0.1, 0.15) is 29.8 Å². The number of carbonyl (C=O) groups is 2. The fourth-order valence-corrected chi connectivity index (χ4v) is 6.42. The minimum absolute atomic E-state index is 0.0284. The number of likely N-dealkylation sites (N-methyl/N-ethyl adjacent to an activating group) is 1. The van der Waals surface area contributed by atoms with Gasteiger partial charge in [-0.15, -0.1) is 0 Å². The molecule has 0 unspecified atom stereocenters. The van der Waals surface area contributed by atoms with Gasteiger partial charge >= 0.3 is 0 Å². The molecule has 0 aliphatic carbocycles. The number of carbonyl (C=O) groups excluding carboxylic acids is 2. The van der Waals surface area contributed by atoms with Crippen molar-refractivity contribution in [2.24, 2.45) is 0 Å². The maximum Gasteiger partial charge on any atom is 0.249 e. The van der Waals surface area contributed by atoms with Crippen LogP contribution in [0.2, 0.25) is 0 Å². The molecular weight excluding hydrogens is 482 g/mol. The van der Waals surface area contributed by atoms with Crippen LogP contribution in [0, 0.1) is 0 Å². The summed E-state index contributed by atoms with van der Waals surface area (Å²) in [6, 6.07) is 12.3. The fourth-order valence-electron chi connectivity index (χ4n) is 6.42. The lowest BCUT2D eigenvalue weighted by molar-refractivity contribution is -0.167. The standard InChI is InChI=1S/C29H35N5O4/c1-29-17-23-22-16-21(38-3)7-8-24(22)30-26(23)27(19-5-4-6-20(35)15-19)34(29)25(36)18-33(28(29)37)14-13-32-11-9-31(2)10-12-32/h4-8,15-16,27,30,35H,9-14,17-18H2,1-3H3/t27-,29+/m1/s1. The molecule has 0 radical (unpaired) electrons. The van der Waals surface area contributed by atoms with E-state index >= 15 is 0 Å². The second-order valence-electron chi connectivity index (χ2n) is 11.0. The van der Waals surface area contributed by atoms with E-state index in [0.717, 1.165) is 66.2 Å². The summed E-state index contributed by atoms with van der Waals surface area (Å²) in [6.45, 7) is 7.20. The van der Waals surface area contributed by atoms with Crippen molar-refractivity contribution in [3.05, 3.63) is 59.3 Å². The van der Waals surface area contributed by atoms with Gasteiger partial charge in [0.05, 0.1) is 19.7 Å². The summed E-state index contributed by atoms with van der Waals surface area (Å²) in [4.78, 5) is 39.8. The molecule has 2 saturated heterocycles. The van der Waals surface area contributed by atoms with Crippen molar-refractivity contribution in [1.82, 2.24) is 24.6 Å². The first-order valence-corrected chi connectivity index (χ1v) is 13.3. The molecule has 2 N–H and O–H groups in total. The van der Waals surface area contributed by atoms with Gasteiger partial charge in [0, 0.05) is 62.3 Å². The molecule has 2 aromatic carbocycles. The van der Waals surface area contributed by atoms with E-state index in [4.69, 9.17) is 4.74 Å². The molecule has 1 aromatic heterocycles. The molecule has 0 spiro atoms. The summed E-state index contributed by atoms with van der Waals surface area (Å²) in [7, 11) is 3.76. The van der Waals surface area contributed by atoms with Gasteiger partial charge in [0.15, 0.2) is 0 Å². The maximum atomic E-state index is 14.2. The number of amides is 2. The molecule has 9 nitrogen and oxygen atoms in total. The first kappa shape index (κ1) is 24.8. The Morgan fingerprint density at radius 1 is 1.08 bits per heavy atom. The van der Waals surface area contributed by atoms with E-state index in [1.807, 2.05) is 31.2 Å². The summed E-state index contributed by atoms with van der Waals surface area (Å²) in [5.74, 6) is 0.749. The molecule has 38 heavy (non-hydrogen) atoms. The molecule has 3 aliphatic rings. The van der Waals surface area contributed by atoms with Gasteiger partial charge in [-0.1, -0.05) is 12.1 Å². The number of hydrogen-bond acceptors (Lipinski definition) is 6. The molecular formula is C29H35N5O4. The average molecular weight is 518 g/mol. The van der Waals surface area contributed by atoms with Crippen molar-refractivity contribution in [2.75, 3.05) is 60.0 Å². The third-order valence-corrected chi connectivity index (χ3v) is 8.54. The summed E-state index contributed by atoms with van der Waals surface area (Å²) in [5.41, 5.74) is 2.52. The molecule has 2 atom stereocenters. The summed E-state index contributed by atoms with van der Waals surface area (Å²) < 4.78 is 5.50. The van der Waals surface area contributed by atoms with Gasteiger partial charge in [0.2, 0.25) is 11.8 Å². The Balaban J connectivity index is 1.40. The number of phenolic OH excluding ortho intramolecular Hbond substituents is 1. The maximum absolute atomic E-state index is 14.2. The highest BCUT2D eigenvalue weighted by atomic mass is 16.5. The van der Waals surface area contributed by atoms with Gasteiger partial charge in [0.1, 0.15) is 17.0 Å². The molecule has 9 heteroatoms. The van der Waals surface area contributed by atoms with Gasteiger partial charge in [0.25, 0.3) is 0 Å². The van der Waals surface area contributed by atoms with Gasteiger partial charge in [-0.3, -0.25) is 14.5 Å². The minimum Gasteiger partial charge on any atom is -0.508 e. The van der Waals surface area contributed by atoms with Crippen LogP contribution < -0.4 is 4.74 Å². The first-order chi connectivity index (χ1) is 18.3. The largest absolute Gasteiger partial charge is 0.508 e. The van der Waals surface area contributed by atoms with Crippen LogP contribution in [0.25, 0.3) is 10.9 Å². The van der Waals surface area contributed by atoms with Crippen LogP contribution in [0.4, 0.5) is 0 Å². The number of benzene rings is 2. The van der Waals surface area contributed by atoms with Gasteiger partial charge in [-0.05, 0) is 55.4 Å². The highest BCUT2D eigenvalue weighted by Gasteiger charge is 2.56. The smallest absolute Gasteiger partial charge is 0.249 e. The van der Waals surface area contributed by atoms with Crippen molar-refractivity contribution >= 4 is 22.7 Å². The van der Waals surface area contributed by atoms with Crippen LogP contribution in [0.5, 0.6) is 11.5 Å². The molecule has 200 valence electrons. The van der Waals surface area contributed by atoms with Crippen molar-refractivity contribution in [3.63, 3.8) is 0 Å². The Hall–Kier alpha value is -3.56. The normalized spacial score (nSPS) is 24.6. The van der Waals surface area contributed by atoms with Crippen molar-refractivity contribution in [3.8, 4) is 11.5 Å². The molecule has 4 heterocycles. The molecule has 3 aromatic rings. The van der Waals surface area contributed by atoms with Gasteiger partial charge < -0.3 is 29.5 Å². The number of H-pyrrole nitrogens is 1. The van der Waals surface area contributed by atoms with E-state index in [-0.39, 0.29) is 24.1 Å². The Kier molecular flexibility index (Phi) is 6.07. The molecule has 2 fully saturated rings. The average Bonchev–Trinajstić information content (AvgIpc) is 3.26. The summed E-state index contributed by atoms with van der Waals surface area (Å²) in [6.07, 6.45) is 0.403. The van der Waals surface area contributed by atoms with Crippen LogP contribution in [0.3, 0.4) is 0 Å². The molecule has 3 aliphatic heterocycles. The zero-order chi connectivity index (χ0) is 26.6. The summed E-state index contributed by atoms with van der Waals surface area (Å²) >= 11 is 0. The Labute approximate surface area is 222 Å². The zero-order valence-corrected chi connectivity index (χ0v) is 22.2. The van der Waals surface area contributed by atoms with E-state index in [0.29, 0.717) is 13.0 Å². The second-order valence-corrected chi connectivity index (χ2v) is 11.0. The predicted molar refractivity (Wildman–Crippen MR) is 144 cm³/mol. The van der Waals surface area contributed by atoms with Crippen LogP contribution >= 0.6 is 0 Å². The molecule has 0 bridgehead atoms. The zero-order valence-electron chi connectivity index (χ0n) is 22.2. The van der Waals surface area contributed by atoms with Crippen molar-refractivity contribution < 1.29 is 19.4 Å². The third-order valence-electron chi connectivity index (χ3n) is 8.54. The number of aromatic nitrogens is 1. The van der Waals surface area contributed by atoms with Crippen LogP contribution in [-0.4, -0.2) is 107 Å². The number of ether oxygens (including phenoxy) is 1. The number of piperazine rings is 2. The lowest BCUT2D eigenvalue weighted by atomic mass is 9.78. The number of aromatic hydroxyl groups is 1. The highest BCUT2D eigenvalue weighted by molar-refractivity contribution is 6.00. The number of hydrogen-bond donors (Lipinski definition) is 2. The Morgan fingerprint density at radius 2 is 1.87 bits per heavy atom. The van der Waals surface area contributed by atoms with E-state index in [1.54, 1.807) is 35.1 Å². The van der Waals surface area contributed by atoms with Crippen LogP contribution in [-0.2, 0) is 16.0 Å². The number of methoxy groups -OCH3 is 1. The monoisotopic (exact) mass is 517 g/mol. The Bertz CT molecular complexity index is 1390. The molecule has 0 saturated carbocycles. The number of fused-ring (bicyclic) bond motifs is 4. The van der Waals surface area contributed by atoms with E-state index in [9.17, 15) is 14.7 Å². The quantitative estimate of drug-likeness (QED) is 0.539. The van der Waals surface area contributed by atoms with Crippen molar-refractivity contribution in [2.45, 2.75) is 24.9 Å². The predicted octanol–water partition coefficient (Wildman–Crippen LogP) is 2.20. The number of nitrogens with zero attached hydrogens (tertiary/aromatic N) is 4. The number of nitrogens with one attached hydrogen (secondary N) is 1. The molecule has 2 amide bonds. The fraction of sp³-hybridized carbons (Fsp3) is 0.448. The van der Waals surface area contributed by atoms with E-state index in [1.165, 1.54) is 0 Å². The number of phenols is 1. The number of aromatic amines is 1. The van der Waals surface area contributed by atoms with Crippen LogP contribution in [0.15, 0.2) is 42.5 Å². The van der Waals surface area contributed by atoms with E-state index < -0.39 is 11.6 Å². The topological polar surface area (TPSA) is 92.4 Å². The Morgan fingerprint density at radius 3 is 2.61 bits per heavy atom. The SMILES string of the molecule is COc1ccc2[nH]c3c(c2c1)C[C@@]1(C)C(=O)N(CCN2CCN(C)CC2)CC(=O)N1[C@@H]3c1cccc(O)c1. The number of rotatable bonds is 5. The first-order valence-electron chi connectivity index (χ1n) is 13.3. The van der Waals surface area contributed by atoms with E-state index in [2.05, 4.69) is 21.8 Å². The molecule has 6 rings (SSSR count). The summed E-state index contributed by atoms with van der Waals surface area (Å²) in [5, 5.41) is 11.3. The van der Waals surface area contributed by atoms with Gasteiger partial charge in [-0.25, -0.2) is 0 Å². The van der Waals surface area contributed by atoms with Crippen molar-refractivity contribution in [1.29, 1.82) is 0 Å².